The zero-order valence-electron chi connectivity index (χ0n) is 16.7. The molecule has 0 saturated carbocycles. The molecule has 3 aromatic heterocycles. The van der Waals surface area contributed by atoms with Crippen molar-refractivity contribution >= 4 is 28.6 Å². The van der Waals surface area contributed by atoms with Gasteiger partial charge in [0.1, 0.15) is 17.1 Å². The second kappa shape index (κ2) is 8.69. The summed E-state index contributed by atoms with van der Waals surface area (Å²) in [4.78, 5) is 17.6. The van der Waals surface area contributed by atoms with E-state index in [2.05, 4.69) is 5.32 Å². The van der Waals surface area contributed by atoms with E-state index in [-0.39, 0.29) is 16.5 Å². The Morgan fingerprint density at radius 3 is 2.73 bits per heavy atom. The van der Waals surface area contributed by atoms with E-state index in [0.717, 1.165) is 48.7 Å². The van der Waals surface area contributed by atoms with E-state index >= 15 is 0 Å². The molecule has 9 heteroatoms. The average Bonchev–Trinajstić information content (AvgIpc) is 3.35. The maximum absolute atomic E-state index is 12.8. The Hall–Kier alpha value is -2.52. The van der Waals surface area contributed by atoms with Gasteiger partial charge < -0.3 is 19.2 Å². The summed E-state index contributed by atoms with van der Waals surface area (Å²) < 4.78 is 38.9. The van der Waals surface area contributed by atoms with Crippen LogP contribution in [0.5, 0.6) is 5.75 Å². The van der Waals surface area contributed by atoms with E-state index in [1.54, 1.807) is 12.3 Å². The van der Waals surface area contributed by atoms with Crippen LogP contribution in [0.1, 0.15) is 60.0 Å². The fourth-order valence-corrected chi connectivity index (χ4v) is 4.24. The van der Waals surface area contributed by atoms with Crippen molar-refractivity contribution in [1.29, 1.82) is 0 Å². The number of pyridine rings is 1. The molecule has 6 nitrogen and oxygen atoms in total. The third-order valence-electron chi connectivity index (χ3n) is 4.92. The van der Waals surface area contributed by atoms with Crippen molar-refractivity contribution in [2.24, 2.45) is 0 Å². The quantitative estimate of drug-likeness (QED) is 0.573. The Labute approximate surface area is 176 Å². The Bertz CT molecular complexity index is 1040. The summed E-state index contributed by atoms with van der Waals surface area (Å²) in [5, 5.41) is 4.09. The molecule has 4 heterocycles. The minimum absolute atomic E-state index is 0.111. The van der Waals surface area contributed by atoms with Crippen molar-refractivity contribution in [3.05, 3.63) is 46.0 Å². The zero-order chi connectivity index (χ0) is 21.3. The first-order valence-electron chi connectivity index (χ1n) is 9.85. The Morgan fingerprint density at radius 2 is 2.07 bits per heavy atom. The van der Waals surface area contributed by atoms with E-state index in [9.17, 15) is 13.6 Å². The van der Waals surface area contributed by atoms with Crippen LogP contribution in [-0.2, 0) is 4.74 Å². The van der Waals surface area contributed by atoms with Gasteiger partial charge in [0.05, 0.1) is 16.7 Å². The number of carbonyl (C=O) groups excluding carboxylic acids is 1. The second-order valence-corrected chi connectivity index (χ2v) is 8.45. The van der Waals surface area contributed by atoms with Gasteiger partial charge in [-0.05, 0) is 32.8 Å². The normalized spacial score (nSPS) is 15.3. The van der Waals surface area contributed by atoms with Gasteiger partial charge in [0, 0.05) is 48.5 Å². The minimum Gasteiger partial charge on any atom is -0.489 e. The first-order valence-corrected chi connectivity index (χ1v) is 10.7. The van der Waals surface area contributed by atoms with Crippen molar-refractivity contribution in [3.63, 3.8) is 0 Å². The van der Waals surface area contributed by atoms with Gasteiger partial charge in [-0.1, -0.05) is 0 Å². The Morgan fingerprint density at radius 1 is 1.30 bits per heavy atom. The highest BCUT2D eigenvalue weighted by atomic mass is 32.1. The van der Waals surface area contributed by atoms with Gasteiger partial charge in [-0.2, -0.15) is 0 Å². The predicted octanol–water partition coefficient (Wildman–Crippen LogP) is 5.27. The lowest BCUT2D eigenvalue weighted by atomic mass is 9.97. The van der Waals surface area contributed by atoms with Crippen molar-refractivity contribution in [2.75, 3.05) is 18.5 Å². The number of carbonyl (C=O) groups is 1. The van der Waals surface area contributed by atoms with E-state index in [0.29, 0.717) is 17.4 Å². The minimum atomic E-state index is -2.60. The maximum Gasteiger partial charge on any atom is 0.265 e. The molecule has 30 heavy (non-hydrogen) atoms. The molecule has 1 aliphatic rings. The van der Waals surface area contributed by atoms with Crippen LogP contribution in [0.15, 0.2) is 29.9 Å². The first-order chi connectivity index (χ1) is 14.4. The predicted molar refractivity (Wildman–Crippen MR) is 111 cm³/mol. The molecule has 1 amide bonds. The van der Waals surface area contributed by atoms with Crippen molar-refractivity contribution in [1.82, 2.24) is 9.38 Å². The molecular formula is C21H23F2N3O3S. The van der Waals surface area contributed by atoms with Gasteiger partial charge in [0.25, 0.3) is 12.3 Å². The van der Waals surface area contributed by atoms with Gasteiger partial charge >= 0.3 is 0 Å². The highest BCUT2D eigenvalue weighted by molar-refractivity contribution is 7.12. The summed E-state index contributed by atoms with van der Waals surface area (Å²) in [7, 11) is 0. The van der Waals surface area contributed by atoms with Crippen LogP contribution >= 0.6 is 11.3 Å². The van der Waals surface area contributed by atoms with Gasteiger partial charge in [-0.15, -0.1) is 11.3 Å². The number of hydrogen-bond acceptors (Lipinski definition) is 5. The van der Waals surface area contributed by atoms with Crippen LogP contribution in [0, 0.1) is 0 Å². The van der Waals surface area contributed by atoms with Crippen LogP contribution in [0.4, 0.5) is 14.5 Å². The third-order valence-corrected chi connectivity index (χ3v) is 5.87. The number of aromatic nitrogens is 2. The van der Waals surface area contributed by atoms with Crippen LogP contribution in [-0.4, -0.2) is 34.6 Å². The van der Waals surface area contributed by atoms with Crippen molar-refractivity contribution in [3.8, 4) is 5.75 Å². The molecule has 0 bridgehead atoms. The molecule has 0 aromatic carbocycles. The maximum atomic E-state index is 12.8. The number of alkyl halides is 2. The summed E-state index contributed by atoms with van der Waals surface area (Å²) in [6.07, 6.45) is 2.85. The fraction of sp³-hybridized carbons (Fsp3) is 0.429. The van der Waals surface area contributed by atoms with Crippen LogP contribution in [0.2, 0.25) is 0 Å². The Balaban J connectivity index is 1.64. The number of halogens is 2. The molecule has 1 saturated heterocycles. The van der Waals surface area contributed by atoms with Crippen LogP contribution < -0.4 is 10.1 Å². The van der Waals surface area contributed by atoms with E-state index < -0.39 is 12.3 Å². The standard InChI is InChI=1S/C21H23F2N3O3S/c1-12(2)29-17-8-19-24-15(13-3-5-28-6-4-13)9-26(19)10-16(17)25-21(27)18-7-14(11-30-18)20(22)23/h7-13,20H,3-6H2,1-2H3,(H,25,27). The Kier molecular flexibility index (Phi) is 6.01. The largest absolute Gasteiger partial charge is 0.489 e. The van der Waals surface area contributed by atoms with Gasteiger partial charge in [-0.25, -0.2) is 13.8 Å². The number of rotatable bonds is 6. The number of fused-ring (bicyclic) bond motifs is 1. The molecular weight excluding hydrogens is 412 g/mol. The number of nitrogens with one attached hydrogen (secondary N) is 1. The summed E-state index contributed by atoms with van der Waals surface area (Å²) in [5.74, 6) is 0.371. The van der Waals surface area contributed by atoms with Gasteiger partial charge in [0.2, 0.25) is 0 Å². The SMILES string of the molecule is CC(C)Oc1cc2nc(C3CCOCC3)cn2cc1NC(=O)c1cc(C(F)F)cs1. The number of ether oxygens (including phenoxy) is 2. The number of anilines is 1. The molecule has 4 rings (SSSR count). The van der Waals surface area contributed by atoms with E-state index in [1.807, 2.05) is 24.4 Å². The second-order valence-electron chi connectivity index (χ2n) is 7.53. The molecule has 1 aliphatic heterocycles. The number of hydrogen-bond donors (Lipinski definition) is 1. The molecule has 0 unspecified atom stereocenters. The third kappa shape index (κ3) is 4.46. The van der Waals surface area contributed by atoms with Crippen LogP contribution in [0.3, 0.4) is 0 Å². The van der Waals surface area contributed by atoms with E-state index in [4.69, 9.17) is 14.5 Å². The molecule has 0 aliphatic carbocycles. The summed E-state index contributed by atoms with van der Waals surface area (Å²) in [5.41, 5.74) is 2.01. The lowest BCUT2D eigenvalue weighted by Crippen LogP contribution is -2.14. The van der Waals surface area contributed by atoms with Crippen molar-refractivity contribution in [2.45, 2.75) is 45.1 Å². The number of nitrogens with zero attached hydrogens (tertiary/aromatic N) is 2. The summed E-state index contributed by atoms with van der Waals surface area (Å²) in [6, 6.07) is 3.00. The highest BCUT2D eigenvalue weighted by Gasteiger charge is 2.21. The van der Waals surface area contributed by atoms with Gasteiger partial charge in [0.15, 0.2) is 0 Å². The monoisotopic (exact) mass is 435 g/mol. The summed E-state index contributed by atoms with van der Waals surface area (Å²) in [6.45, 7) is 5.23. The van der Waals surface area contributed by atoms with E-state index in [1.165, 1.54) is 11.4 Å². The molecule has 1 fully saturated rings. The number of thiophene rings is 1. The lowest BCUT2D eigenvalue weighted by molar-refractivity contribution is 0.0846. The molecule has 0 atom stereocenters. The smallest absolute Gasteiger partial charge is 0.265 e. The number of imidazole rings is 1. The average molecular weight is 435 g/mol. The van der Waals surface area contributed by atoms with Crippen molar-refractivity contribution < 1.29 is 23.0 Å². The topological polar surface area (TPSA) is 64.9 Å². The van der Waals surface area contributed by atoms with Gasteiger partial charge in [-0.3, -0.25) is 4.79 Å². The fourth-order valence-electron chi connectivity index (χ4n) is 3.44. The zero-order valence-corrected chi connectivity index (χ0v) is 17.5. The van der Waals surface area contributed by atoms with Crippen LogP contribution in [0.25, 0.3) is 5.65 Å². The first kappa shape index (κ1) is 20.7. The molecule has 0 radical (unpaired) electrons. The highest BCUT2D eigenvalue weighted by Crippen LogP contribution is 2.32. The molecule has 160 valence electrons. The molecule has 1 N–H and O–H groups in total. The molecule has 3 aromatic rings. The lowest BCUT2D eigenvalue weighted by Gasteiger charge is -2.19. The number of amides is 1. The summed E-state index contributed by atoms with van der Waals surface area (Å²) >= 11 is 0.988. The molecule has 0 spiro atoms.